The van der Waals surface area contributed by atoms with Gasteiger partial charge in [-0.15, -0.1) is 0 Å². The SMILES string of the molecule is CC1N=C2C=CC(C(=O)N3CCN(C(=O)c4ccccn4)CC3)=CN2C1c1ccccc1. The molecular weight excluding hydrogens is 402 g/mol. The van der Waals surface area contributed by atoms with Gasteiger partial charge in [0.2, 0.25) is 0 Å². The Hall–Kier alpha value is -3.74. The van der Waals surface area contributed by atoms with E-state index in [4.69, 9.17) is 4.99 Å². The van der Waals surface area contributed by atoms with E-state index in [1.807, 2.05) is 41.5 Å². The van der Waals surface area contributed by atoms with Gasteiger partial charge in [0, 0.05) is 38.6 Å². The van der Waals surface area contributed by atoms with Crippen molar-refractivity contribution in [1.29, 1.82) is 0 Å². The minimum Gasteiger partial charge on any atom is -0.335 e. The third kappa shape index (κ3) is 3.70. The summed E-state index contributed by atoms with van der Waals surface area (Å²) in [6.07, 6.45) is 7.32. The van der Waals surface area contributed by atoms with E-state index in [2.05, 4.69) is 28.9 Å². The van der Waals surface area contributed by atoms with Crippen molar-refractivity contribution in [3.8, 4) is 0 Å². The zero-order valence-corrected chi connectivity index (χ0v) is 18.0. The third-order valence-electron chi connectivity index (χ3n) is 6.17. The molecule has 0 saturated carbocycles. The molecule has 0 spiro atoms. The number of nitrogens with zero attached hydrogens (tertiary/aromatic N) is 5. The van der Waals surface area contributed by atoms with Gasteiger partial charge in [0.15, 0.2) is 0 Å². The van der Waals surface area contributed by atoms with Gasteiger partial charge in [-0.25, -0.2) is 0 Å². The van der Waals surface area contributed by atoms with Gasteiger partial charge in [-0.3, -0.25) is 19.6 Å². The highest BCUT2D eigenvalue weighted by Gasteiger charge is 2.35. The van der Waals surface area contributed by atoms with E-state index in [0.29, 0.717) is 37.4 Å². The Morgan fingerprint density at radius 1 is 0.875 bits per heavy atom. The molecule has 3 aliphatic heterocycles. The molecule has 7 heteroatoms. The first kappa shape index (κ1) is 20.2. The zero-order valence-electron chi connectivity index (χ0n) is 18.0. The van der Waals surface area contributed by atoms with E-state index in [1.54, 1.807) is 29.3 Å². The number of carbonyl (C=O) groups is 2. The maximum Gasteiger partial charge on any atom is 0.272 e. The Bertz CT molecular complexity index is 1100. The number of amidine groups is 1. The van der Waals surface area contributed by atoms with Crippen molar-refractivity contribution in [2.24, 2.45) is 4.99 Å². The quantitative estimate of drug-likeness (QED) is 0.755. The van der Waals surface area contributed by atoms with Gasteiger partial charge in [-0.1, -0.05) is 36.4 Å². The minimum atomic E-state index is -0.0907. The maximum atomic E-state index is 13.2. The van der Waals surface area contributed by atoms with Gasteiger partial charge < -0.3 is 14.7 Å². The molecule has 1 aromatic heterocycles. The van der Waals surface area contributed by atoms with Crippen molar-refractivity contribution < 1.29 is 9.59 Å². The molecule has 1 saturated heterocycles. The second kappa shape index (κ2) is 8.42. The summed E-state index contributed by atoms with van der Waals surface area (Å²) >= 11 is 0. The second-order valence-electron chi connectivity index (χ2n) is 8.21. The van der Waals surface area contributed by atoms with E-state index in [1.165, 1.54) is 5.56 Å². The molecule has 32 heavy (non-hydrogen) atoms. The Balaban J connectivity index is 1.27. The number of fused-ring (bicyclic) bond motifs is 1. The predicted octanol–water partition coefficient (Wildman–Crippen LogP) is 2.66. The Labute approximate surface area is 187 Å². The summed E-state index contributed by atoms with van der Waals surface area (Å²) in [5, 5.41) is 0. The van der Waals surface area contributed by atoms with Gasteiger partial charge in [-0.05, 0) is 36.8 Å². The second-order valence-corrected chi connectivity index (χ2v) is 8.21. The van der Waals surface area contributed by atoms with Crippen molar-refractivity contribution in [3.05, 3.63) is 89.9 Å². The Kier molecular flexibility index (Phi) is 5.31. The highest BCUT2D eigenvalue weighted by Crippen LogP contribution is 2.35. The highest BCUT2D eigenvalue weighted by molar-refractivity contribution is 6.04. The fourth-order valence-corrected chi connectivity index (χ4v) is 4.52. The number of piperazine rings is 1. The van der Waals surface area contributed by atoms with Crippen LogP contribution < -0.4 is 0 Å². The highest BCUT2D eigenvalue weighted by atomic mass is 16.2. The van der Waals surface area contributed by atoms with Crippen LogP contribution in [0.15, 0.2) is 83.6 Å². The van der Waals surface area contributed by atoms with Crippen LogP contribution >= 0.6 is 0 Å². The number of hydrogen-bond donors (Lipinski definition) is 0. The van der Waals surface area contributed by atoms with Crippen LogP contribution in [0.5, 0.6) is 0 Å². The van der Waals surface area contributed by atoms with Gasteiger partial charge in [0.1, 0.15) is 11.5 Å². The molecule has 3 aliphatic rings. The molecule has 4 heterocycles. The van der Waals surface area contributed by atoms with E-state index in [9.17, 15) is 9.59 Å². The largest absolute Gasteiger partial charge is 0.335 e. The topological polar surface area (TPSA) is 69.1 Å². The molecule has 0 bridgehead atoms. The van der Waals surface area contributed by atoms with Crippen LogP contribution in [0.2, 0.25) is 0 Å². The number of benzene rings is 1. The lowest BCUT2D eigenvalue weighted by Gasteiger charge is -2.35. The van der Waals surface area contributed by atoms with Crippen LogP contribution in [0, 0.1) is 0 Å². The number of aromatic nitrogens is 1. The lowest BCUT2D eigenvalue weighted by Crippen LogP contribution is -2.51. The molecule has 2 atom stereocenters. The molecule has 2 unspecified atom stereocenters. The van der Waals surface area contributed by atoms with Gasteiger partial charge in [0.05, 0.1) is 17.7 Å². The number of pyridine rings is 1. The van der Waals surface area contributed by atoms with Crippen LogP contribution in [0.25, 0.3) is 0 Å². The maximum absolute atomic E-state index is 13.2. The summed E-state index contributed by atoms with van der Waals surface area (Å²) in [4.78, 5) is 40.5. The van der Waals surface area contributed by atoms with Crippen LogP contribution in [-0.2, 0) is 4.79 Å². The summed E-state index contributed by atoms with van der Waals surface area (Å²) < 4.78 is 0. The third-order valence-corrected chi connectivity index (χ3v) is 6.17. The predicted molar refractivity (Wildman–Crippen MR) is 122 cm³/mol. The first-order valence-electron chi connectivity index (χ1n) is 10.9. The molecule has 0 N–H and O–H groups in total. The van der Waals surface area contributed by atoms with E-state index < -0.39 is 0 Å². The number of rotatable bonds is 3. The average molecular weight is 428 g/mol. The Morgan fingerprint density at radius 3 is 2.25 bits per heavy atom. The lowest BCUT2D eigenvalue weighted by molar-refractivity contribution is -0.128. The Morgan fingerprint density at radius 2 is 1.56 bits per heavy atom. The van der Waals surface area contributed by atoms with Gasteiger partial charge in [-0.2, -0.15) is 0 Å². The number of carbonyl (C=O) groups excluding carboxylic acids is 2. The fraction of sp³-hybridized carbons (Fsp3) is 0.280. The summed E-state index contributed by atoms with van der Waals surface area (Å²) in [6.45, 7) is 4.10. The lowest BCUT2D eigenvalue weighted by atomic mass is 10.00. The average Bonchev–Trinajstić information content (AvgIpc) is 3.19. The first-order chi connectivity index (χ1) is 15.6. The number of amides is 2. The van der Waals surface area contributed by atoms with Crippen molar-refractivity contribution in [1.82, 2.24) is 19.7 Å². The molecular formula is C25H25N5O2. The zero-order chi connectivity index (χ0) is 22.1. The molecule has 0 radical (unpaired) electrons. The normalized spacial score (nSPS) is 22.3. The molecule has 2 aromatic rings. The molecule has 1 aromatic carbocycles. The monoisotopic (exact) mass is 427 g/mol. The molecule has 5 rings (SSSR count). The van der Waals surface area contributed by atoms with E-state index >= 15 is 0 Å². The van der Waals surface area contributed by atoms with Crippen molar-refractivity contribution in [3.63, 3.8) is 0 Å². The van der Waals surface area contributed by atoms with Crippen molar-refractivity contribution >= 4 is 17.6 Å². The van der Waals surface area contributed by atoms with Crippen LogP contribution in [-0.4, -0.2) is 69.6 Å². The molecule has 162 valence electrons. The molecule has 7 nitrogen and oxygen atoms in total. The van der Waals surface area contributed by atoms with E-state index in [-0.39, 0.29) is 23.9 Å². The molecule has 0 aliphatic carbocycles. The molecule has 2 amide bonds. The van der Waals surface area contributed by atoms with Crippen LogP contribution in [0.1, 0.15) is 29.0 Å². The summed E-state index contributed by atoms with van der Waals surface area (Å²) in [7, 11) is 0. The van der Waals surface area contributed by atoms with Crippen LogP contribution in [0.4, 0.5) is 0 Å². The first-order valence-corrected chi connectivity index (χ1v) is 10.9. The summed E-state index contributed by atoms with van der Waals surface area (Å²) in [6, 6.07) is 15.8. The number of hydrogen-bond acceptors (Lipinski definition) is 5. The van der Waals surface area contributed by atoms with Gasteiger partial charge in [0.25, 0.3) is 11.8 Å². The summed E-state index contributed by atoms with van der Waals surface area (Å²) in [5.41, 5.74) is 2.26. The van der Waals surface area contributed by atoms with Crippen molar-refractivity contribution in [2.45, 2.75) is 19.0 Å². The summed E-state index contributed by atoms with van der Waals surface area (Å²) in [5.74, 6) is 0.775. The van der Waals surface area contributed by atoms with Crippen LogP contribution in [0.3, 0.4) is 0 Å². The number of aliphatic imine (C=N–C) groups is 1. The minimum absolute atomic E-state index is 0.0170. The van der Waals surface area contributed by atoms with Gasteiger partial charge >= 0.3 is 0 Å². The van der Waals surface area contributed by atoms with E-state index in [0.717, 1.165) is 5.84 Å². The standard InChI is InChI=1S/C25H25N5O2/c1-18-23(19-7-3-2-4-8-19)30-17-20(10-11-22(30)27-18)24(31)28-13-15-29(16-14-28)25(32)21-9-5-6-12-26-21/h2-12,17-18,23H,13-16H2,1H3. The smallest absolute Gasteiger partial charge is 0.272 e. The molecule has 1 fully saturated rings. The van der Waals surface area contributed by atoms with Crippen molar-refractivity contribution in [2.75, 3.05) is 26.2 Å². The fourth-order valence-electron chi connectivity index (χ4n) is 4.52.